The van der Waals surface area contributed by atoms with Gasteiger partial charge in [0.1, 0.15) is 5.82 Å². The Kier molecular flexibility index (Phi) is 5.37. The summed E-state index contributed by atoms with van der Waals surface area (Å²) in [4.78, 5) is 25.4. The monoisotopic (exact) mass is 348 g/mol. The van der Waals surface area contributed by atoms with Crippen LogP contribution in [0.3, 0.4) is 0 Å². The van der Waals surface area contributed by atoms with Gasteiger partial charge in [-0.25, -0.2) is 4.39 Å². The quantitative estimate of drug-likeness (QED) is 0.821. The SMILES string of the molecule is O=C(CN1CCCC1=O)NCC1(Cc2ccc(F)cc2)CCCC1O. The van der Waals surface area contributed by atoms with Crippen LogP contribution in [-0.2, 0) is 16.0 Å². The maximum atomic E-state index is 13.1. The van der Waals surface area contributed by atoms with Crippen molar-refractivity contribution < 1.29 is 19.1 Å². The molecule has 0 spiro atoms. The highest BCUT2D eigenvalue weighted by Crippen LogP contribution is 2.40. The van der Waals surface area contributed by atoms with Crippen molar-refractivity contribution in [2.24, 2.45) is 5.41 Å². The molecule has 1 aliphatic heterocycles. The van der Waals surface area contributed by atoms with E-state index in [4.69, 9.17) is 0 Å². The molecule has 5 nitrogen and oxygen atoms in total. The molecule has 0 radical (unpaired) electrons. The van der Waals surface area contributed by atoms with E-state index in [9.17, 15) is 19.1 Å². The number of hydrogen-bond acceptors (Lipinski definition) is 3. The summed E-state index contributed by atoms with van der Waals surface area (Å²) in [6.45, 7) is 1.09. The Morgan fingerprint density at radius 3 is 2.68 bits per heavy atom. The largest absolute Gasteiger partial charge is 0.392 e. The van der Waals surface area contributed by atoms with E-state index in [1.165, 1.54) is 12.1 Å². The van der Waals surface area contributed by atoms with Gasteiger partial charge in [0.25, 0.3) is 0 Å². The fourth-order valence-corrected chi connectivity index (χ4v) is 3.98. The number of amides is 2. The summed E-state index contributed by atoms with van der Waals surface area (Å²) in [5.74, 6) is -0.446. The number of carbonyl (C=O) groups is 2. The van der Waals surface area contributed by atoms with Crippen LogP contribution in [0.15, 0.2) is 24.3 Å². The first kappa shape index (κ1) is 17.9. The highest BCUT2D eigenvalue weighted by atomic mass is 19.1. The van der Waals surface area contributed by atoms with Gasteiger partial charge in [-0.15, -0.1) is 0 Å². The van der Waals surface area contributed by atoms with Crippen LogP contribution in [0.1, 0.15) is 37.7 Å². The van der Waals surface area contributed by atoms with Gasteiger partial charge < -0.3 is 15.3 Å². The van der Waals surface area contributed by atoms with Gasteiger partial charge in [-0.2, -0.15) is 0 Å². The Bertz CT molecular complexity index is 634. The molecule has 0 bridgehead atoms. The second-order valence-electron chi connectivity index (χ2n) is 7.27. The molecule has 1 aliphatic carbocycles. The Hall–Kier alpha value is -1.95. The van der Waals surface area contributed by atoms with Gasteiger partial charge in [-0.1, -0.05) is 18.6 Å². The summed E-state index contributed by atoms with van der Waals surface area (Å²) in [7, 11) is 0. The first-order chi connectivity index (χ1) is 12.0. The molecular weight excluding hydrogens is 323 g/mol. The van der Waals surface area contributed by atoms with Crippen molar-refractivity contribution in [3.63, 3.8) is 0 Å². The molecule has 2 fully saturated rings. The fourth-order valence-electron chi connectivity index (χ4n) is 3.98. The average molecular weight is 348 g/mol. The van der Waals surface area contributed by atoms with Gasteiger partial charge in [-0.05, 0) is 43.4 Å². The van der Waals surface area contributed by atoms with Gasteiger partial charge in [0, 0.05) is 24.9 Å². The molecule has 0 aromatic heterocycles. The highest BCUT2D eigenvalue weighted by molar-refractivity contribution is 5.85. The van der Waals surface area contributed by atoms with Crippen molar-refractivity contribution in [1.29, 1.82) is 0 Å². The van der Waals surface area contributed by atoms with Crippen molar-refractivity contribution in [2.45, 2.75) is 44.6 Å². The third-order valence-electron chi connectivity index (χ3n) is 5.47. The Balaban J connectivity index is 1.61. The maximum absolute atomic E-state index is 13.1. The minimum atomic E-state index is -0.494. The number of carbonyl (C=O) groups excluding carboxylic acids is 2. The Morgan fingerprint density at radius 1 is 1.32 bits per heavy atom. The molecule has 1 aromatic carbocycles. The number of halogens is 1. The van der Waals surface area contributed by atoms with E-state index in [1.54, 1.807) is 17.0 Å². The molecule has 3 rings (SSSR count). The lowest BCUT2D eigenvalue weighted by Crippen LogP contribution is -2.46. The Morgan fingerprint density at radius 2 is 2.08 bits per heavy atom. The number of benzene rings is 1. The molecular formula is C19H25FN2O3. The van der Waals surface area contributed by atoms with E-state index in [2.05, 4.69) is 5.32 Å². The summed E-state index contributed by atoms with van der Waals surface area (Å²) < 4.78 is 13.1. The minimum Gasteiger partial charge on any atom is -0.392 e. The summed E-state index contributed by atoms with van der Waals surface area (Å²) in [6, 6.07) is 6.30. The predicted octanol–water partition coefficient (Wildman–Crippen LogP) is 1.64. The van der Waals surface area contributed by atoms with Crippen LogP contribution in [0.25, 0.3) is 0 Å². The van der Waals surface area contributed by atoms with Crippen molar-refractivity contribution in [1.82, 2.24) is 10.2 Å². The van der Waals surface area contributed by atoms with E-state index < -0.39 is 11.5 Å². The van der Waals surface area contributed by atoms with Crippen LogP contribution in [0, 0.1) is 11.2 Å². The Labute approximate surface area is 147 Å². The van der Waals surface area contributed by atoms with Crippen LogP contribution in [0.2, 0.25) is 0 Å². The topological polar surface area (TPSA) is 69.6 Å². The molecule has 2 unspecified atom stereocenters. The lowest BCUT2D eigenvalue weighted by molar-refractivity contribution is -0.133. The van der Waals surface area contributed by atoms with Crippen molar-refractivity contribution in [2.75, 3.05) is 19.6 Å². The second-order valence-corrected chi connectivity index (χ2v) is 7.27. The van der Waals surface area contributed by atoms with E-state index in [-0.39, 0.29) is 24.2 Å². The third-order valence-corrected chi connectivity index (χ3v) is 5.47. The van der Waals surface area contributed by atoms with Gasteiger partial charge in [0.2, 0.25) is 11.8 Å². The molecule has 6 heteroatoms. The lowest BCUT2D eigenvalue weighted by atomic mass is 9.78. The molecule has 136 valence electrons. The predicted molar refractivity (Wildman–Crippen MR) is 91.2 cm³/mol. The molecule has 1 saturated carbocycles. The van der Waals surface area contributed by atoms with E-state index in [0.717, 1.165) is 24.8 Å². The number of likely N-dealkylation sites (tertiary alicyclic amines) is 1. The molecule has 1 saturated heterocycles. The van der Waals surface area contributed by atoms with Crippen LogP contribution in [0.4, 0.5) is 4.39 Å². The number of nitrogens with zero attached hydrogens (tertiary/aromatic N) is 1. The van der Waals surface area contributed by atoms with Gasteiger partial charge in [0.15, 0.2) is 0 Å². The number of aliphatic hydroxyl groups is 1. The molecule has 1 heterocycles. The second kappa shape index (κ2) is 7.52. The zero-order chi connectivity index (χ0) is 17.9. The smallest absolute Gasteiger partial charge is 0.239 e. The number of nitrogens with one attached hydrogen (secondary N) is 1. The van der Waals surface area contributed by atoms with Crippen LogP contribution in [0.5, 0.6) is 0 Å². The number of aliphatic hydroxyl groups excluding tert-OH is 1. The van der Waals surface area contributed by atoms with E-state index in [0.29, 0.717) is 32.4 Å². The molecule has 2 atom stereocenters. The van der Waals surface area contributed by atoms with E-state index in [1.807, 2.05) is 0 Å². The number of hydrogen-bond donors (Lipinski definition) is 2. The fraction of sp³-hybridized carbons (Fsp3) is 0.579. The first-order valence-corrected chi connectivity index (χ1v) is 8.95. The summed E-state index contributed by atoms with van der Waals surface area (Å²) in [6.07, 6.45) is 3.85. The van der Waals surface area contributed by atoms with Crippen LogP contribution < -0.4 is 5.32 Å². The summed E-state index contributed by atoms with van der Waals surface area (Å²) in [5.41, 5.74) is 0.522. The lowest BCUT2D eigenvalue weighted by Gasteiger charge is -2.33. The van der Waals surface area contributed by atoms with E-state index >= 15 is 0 Å². The van der Waals surface area contributed by atoms with Crippen molar-refractivity contribution >= 4 is 11.8 Å². The van der Waals surface area contributed by atoms with Crippen molar-refractivity contribution in [3.05, 3.63) is 35.6 Å². The molecule has 1 aromatic rings. The third kappa shape index (κ3) is 4.18. The maximum Gasteiger partial charge on any atom is 0.239 e. The molecule has 2 amide bonds. The molecule has 2 aliphatic rings. The zero-order valence-electron chi connectivity index (χ0n) is 14.3. The minimum absolute atomic E-state index is 0.0251. The molecule has 25 heavy (non-hydrogen) atoms. The normalized spacial score (nSPS) is 26.2. The van der Waals surface area contributed by atoms with Crippen LogP contribution in [-0.4, -0.2) is 47.6 Å². The average Bonchev–Trinajstić information content (AvgIpc) is 3.15. The van der Waals surface area contributed by atoms with Gasteiger partial charge in [0.05, 0.1) is 12.6 Å². The molecule has 2 N–H and O–H groups in total. The highest BCUT2D eigenvalue weighted by Gasteiger charge is 2.42. The summed E-state index contributed by atoms with van der Waals surface area (Å²) >= 11 is 0. The standard InChI is InChI=1S/C19H25FN2O3/c20-15-7-5-14(6-8-15)11-19(9-1-3-16(19)23)13-21-17(24)12-22-10-2-4-18(22)25/h5-8,16,23H,1-4,9-13H2,(H,21,24). The van der Waals surface area contributed by atoms with Gasteiger partial charge >= 0.3 is 0 Å². The number of rotatable bonds is 6. The first-order valence-electron chi connectivity index (χ1n) is 8.95. The summed E-state index contributed by atoms with van der Waals surface area (Å²) in [5, 5.41) is 13.4. The van der Waals surface area contributed by atoms with Crippen molar-refractivity contribution in [3.8, 4) is 0 Å². The van der Waals surface area contributed by atoms with Gasteiger partial charge in [-0.3, -0.25) is 9.59 Å². The zero-order valence-corrected chi connectivity index (χ0v) is 14.3. The van der Waals surface area contributed by atoms with Crippen LogP contribution >= 0.6 is 0 Å².